The Morgan fingerprint density at radius 1 is 1.19 bits per heavy atom. The van der Waals surface area contributed by atoms with Gasteiger partial charge in [0.05, 0.1) is 5.01 Å². The van der Waals surface area contributed by atoms with Crippen LogP contribution in [0.25, 0.3) is 0 Å². The third kappa shape index (κ3) is 5.96. The molecule has 2 aromatic rings. The van der Waals surface area contributed by atoms with Crippen LogP contribution >= 0.6 is 11.3 Å². The van der Waals surface area contributed by atoms with E-state index in [4.69, 9.17) is 11.2 Å². The summed E-state index contributed by atoms with van der Waals surface area (Å²) in [4.78, 5) is 28.4. The highest BCUT2D eigenvalue weighted by atomic mass is 32.8. The van der Waals surface area contributed by atoms with Crippen molar-refractivity contribution in [3.8, 4) is 0 Å². The van der Waals surface area contributed by atoms with Gasteiger partial charge in [-0.1, -0.05) is 25.0 Å². The van der Waals surface area contributed by atoms with E-state index in [-0.39, 0.29) is 26.0 Å². The summed E-state index contributed by atoms with van der Waals surface area (Å²) in [5, 5.41) is 8.24. The lowest BCUT2D eigenvalue weighted by Crippen LogP contribution is -2.27. The highest BCUT2D eigenvalue weighted by molar-refractivity contribution is 8.29. The molecule has 1 heterocycles. The zero-order chi connectivity index (χ0) is 19.3. The Bertz CT molecular complexity index is 813. The molecule has 5 nitrogen and oxygen atoms in total. The van der Waals surface area contributed by atoms with Gasteiger partial charge in [-0.25, -0.2) is 4.98 Å². The van der Waals surface area contributed by atoms with Gasteiger partial charge in [0.1, 0.15) is 5.69 Å². The van der Waals surface area contributed by atoms with Crippen molar-refractivity contribution < 1.29 is 9.59 Å². The summed E-state index contributed by atoms with van der Waals surface area (Å²) in [6, 6.07) is 7.04. The fraction of sp³-hybridized carbons (Fsp3) is 0.389. The monoisotopic (exact) mass is 409 g/mol. The summed E-state index contributed by atoms with van der Waals surface area (Å²) in [7, 11) is -0.153. The van der Waals surface area contributed by atoms with Crippen LogP contribution in [-0.2, 0) is 25.4 Å². The molecule has 8 heteroatoms. The molecular formula is C18H23N3O2S3. The van der Waals surface area contributed by atoms with E-state index in [1.807, 2.05) is 13.2 Å². The summed E-state index contributed by atoms with van der Waals surface area (Å²) in [6.45, 7) is 6.05. The molecule has 0 saturated heterocycles. The van der Waals surface area contributed by atoms with Crippen molar-refractivity contribution in [3.05, 3.63) is 40.3 Å². The average Bonchev–Trinajstić information content (AvgIpc) is 3.01. The van der Waals surface area contributed by atoms with Gasteiger partial charge >= 0.3 is 0 Å². The van der Waals surface area contributed by atoms with Gasteiger partial charge in [0.2, 0.25) is 5.91 Å². The van der Waals surface area contributed by atoms with Gasteiger partial charge in [0, 0.05) is 27.9 Å². The molecule has 0 radical (unpaired) electrons. The Kier molecular flexibility index (Phi) is 7.02. The summed E-state index contributed by atoms with van der Waals surface area (Å²) >= 11 is 6.77. The predicted octanol–water partition coefficient (Wildman–Crippen LogP) is 3.91. The van der Waals surface area contributed by atoms with E-state index in [0.717, 1.165) is 11.4 Å². The largest absolute Gasteiger partial charge is 0.326 e. The van der Waals surface area contributed by atoms with Gasteiger partial charge in [-0.05, 0) is 43.9 Å². The maximum Gasteiger partial charge on any atom is 0.275 e. The van der Waals surface area contributed by atoms with Crippen LogP contribution in [0.2, 0.25) is 0 Å². The molecule has 0 aliphatic heterocycles. The lowest BCUT2D eigenvalue weighted by atomic mass is 10.1. The number of anilines is 2. The second kappa shape index (κ2) is 8.83. The number of rotatable bonds is 7. The first-order chi connectivity index (χ1) is 12.2. The second-order valence-electron chi connectivity index (χ2n) is 6.55. The van der Waals surface area contributed by atoms with E-state index in [9.17, 15) is 9.59 Å². The van der Waals surface area contributed by atoms with Crippen LogP contribution in [0.15, 0.2) is 29.6 Å². The van der Waals surface area contributed by atoms with E-state index in [1.54, 1.807) is 29.6 Å². The minimum Gasteiger partial charge on any atom is -0.326 e. The first-order valence-corrected chi connectivity index (χ1v) is 11.6. The summed E-state index contributed by atoms with van der Waals surface area (Å²) in [5.41, 5.74) is 1.76. The first kappa shape index (κ1) is 20.7. The zero-order valence-corrected chi connectivity index (χ0v) is 17.7. The van der Waals surface area contributed by atoms with Crippen molar-refractivity contribution in [3.63, 3.8) is 0 Å². The van der Waals surface area contributed by atoms with E-state index >= 15 is 0 Å². The summed E-state index contributed by atoms with van der Waals surface area (Å²) < 4.78 is -0.0190. The van der Waals surface area contributed by atoms with Gasteiger partial charge in [-0.3, -0.25) is 9.59 Å². The standard InChI is InChI=1S/C18H23N3O2S3/c1-12-19-15(11-25-12)17(23)21-14-7-5-13(6-8-14)20-16(22)9-10-18(2,3)26(4)24/h5-8,11H,9-10H2,1-4H3,(H,20,22)(H,21,23). The zero-order valence-electron chi connectivity index (χ0n) is 15.3. The van der Waals surface area contributed by atoms with Crippen LogP contribution in [0.1, 0.15) is 42.2 Å². The molecule has 2 N–H and O–H groups in total. The van der Waals surface area contributed by atoms with Gasteiger partial charge in [-0.2, -0.15) is 0 Å². The average molecular weight is 410 g/mol. The predicted molar refractivity (Wildman–Crippen MR) is 114 cm³/mol. The first-order valence-electron chi connectivity index (χ1n) is 8.14. The quantitative estimate of drug-likeness (QED) is 0.727. The number of aryl methyl sites for hydroxylation is 1. The Morgan fingerprint density at radius 3 is 2.27 bits per heavy atom. The molecule has 0 aliphatic carbocycles. The number of carbonyl (C=O) groups excluding carboxylic acids is 2. The molecule has 0 spiro atoms. The van der Waals surface area contributed by atoms with Crippen molar-refractivity contribution in [2.75, 3.05) is 16.9 Å². The van der Waals surface area contributed by atoms with Gasteiger partial charge < -0.3 is 10.6 Å². The molecule has 0 aliphatic rings. The Balaban J connectivity index is 1.88. The molecule has 1 aromatic carbocycles. The molecule has 0 saturated carbocycles. The number of hydrogen-bond acceptors (Lipinski definition) is 5. The van der Waals surface area contributed by atoms with Gasteiger partial charge in [0.15, 0.2) is 0 Å². The fourth-order valence-corrected chi connectivity index (χ4v) is 3.31. The van der Waals surface area contributed by atoms with Crippen LogP contribution in [0.5, 0.6) is 0 Å². The molecular weight excluding hydrogens is 386 g/mol. The number of nitrogens with one attached hydrogen (secondary N) is 2. The highest BCUT2D eigenvalue weighted by Gasteiger charge is 2.20. The van der Waals surface area contributed by atoms with Crippen molar-refractivity contribution in [1.82, 2.24) is 4.98 Å². The SMILES string of the molecule is Cc1nc(C(=O)Nc2ccc(NC(=O)CCC(C)(C)S(C)=S)cc2)cs1. The van der Waals surface area contributed by atoms with Crippen molar-refractivity contribution in [2.45, 2.75) is 38.4 Å². The lowest BCUT2D eigenvalue weighted by Gasteiger charge is -2.23. The minimum absolute atomic E-state index is 0.0190. The number of carbonyl (C=O) groups is 2. The van der Waals surface area contributed by atoms with Crippen LogP contribution in [-0.4, -0.2) is 27.8 Å². The van der Waals surface area contributed by atoms with Crippen molar-refractivity contribution in [2.24, 2.45) is 0 Å². The Hall–Kier alpha value is -1.64. The molecule has 1 aromatic heterocycles. The number of benzene rings is 1. The number of aromatic nitrogens is 1. The topological polar surface area (TPSA) is 71.1 Å². The maximum absolute atomic E-state index is 12.1. The summed E-state index contributed by atoms with van der Waals surface area (Å²) in [6.07, 6.45) is 3.21. The molecule has 1 atom stereocenters. The van der Waals surface area contributed by atoms with E-state index in [0.29, 0.717) is 23.5 Å². The summed E-state index contributed by atoms with van der Waals surface area (Å²) in [5.74, 6) is -0.277. The number of nitrogens with zero attached hydrogens (tertiary/aromatic N) is 1. The number of thiazole rings is 1. The third-order valence-electron chi connectivity index (χ3n) is 4.01. The Morgan fingerprint density at radius 2 is 1.77 bits per heavy atom. The minimum atomic E-state index is -0.243. The van der Waals surface area contributed by atoms with Crippen molar-refractivity contribution >= 4 is 55.2 Å². The van der Waals surface area contributed by atoms with E-state index in [1.165, 1.54) is 11.3 Å². The molecule has 2 amide bonds. The number of amides is 2. The fourth-order valence-electron chi connectivity index (χ4n) is 2.08. The van der Waals surface area contributed by atoms with Gasteiger partial charge in [0.25, 0.3) is 5.91 Å². The van der Waals surface area contributed by atoms with E-state index < -0.39 is 0 Å². The van der Waals surface area contributed by atoms with Crippen molar-refractivity contribution in [1.29, 1.82) is 0 Å². The Labute approximate surface area is 165 Å². The maximum atomic E-state index is 12.1. The molecule has 1 unspecified atom stereocenters. The molecule has 2 rings (SSSR count). The van der Waals surface area contributed by atoms with Crippen LogP contribution in [0.3, 0.4) is 0 Å². The van der Waals surface area contributed by atoms with Crippen LogP contribution in [0, 0.1) is 6.92 Å². The highest BCUT2D eigenvalue weighted by Crippen LogP contribution is 2.20. The molecule has 0 bridgehead atoms. The van der Waals surface area contributed by atoms with E-state index in [2.05, 4.69) is 29.5 Å². The third-order valence-corrected chi connectivity index (χ3v) is 7.90. The van der Waals surface area contributed by atoms with Crippen LogP contribution in [0.4, 0.5) is 11.4 Å². The normalized spacial score (nSPS) is 12.5. The smallest absolute Gasteiger partial charge is 0.275 e. The lowest BCUT2D eigenvalue weighted by molar-refractivity contribution is -0.116. The van der Waals surface area contributed by atoms with Gasteiger partial charge in [-0.15, -0.1) is 20.8 Å². The van der Waals surface area contributed by atoms with Crippen LogP contribution < -0.4 is 10.6 Å². The number of hydrogen-bond donors (Lipinski definition) is 2. The molecule has 0 fully saturated rings. The molecule has 26 heavy (non-hydrogen) atoms. The molecule has 140 valence electrons. The second-order valence-corrected chi connectivity index (χ2v) is 11.1.